The highest BCUT2D eigenvalue weighted by atomic mass is 16.2. The fourth-order valence-corrected chi connectivity index (χ4v) is 2.65. The predicted octanol–water partition coefficient (Wildman–Crippen LogP) is 2.96. The number of benzene rings is 1. The molecule has 0 aromatic heterocycles. The summed E-state index contributed by atoms with van der Waals surface area (Å²) in [5.74, 6) is 0. The van der Waals surface area contributed by atoms with Gasteiger partial charge in [0.05, 0.1) is 6.04 Å². The fraction of sp³-hybridized carbons (Fsp3) is 0.533. The molecule has 0 radical (unpaired) electrons. The smallest absolute Gasteiger partial charge is 0.315 e. The van der Waals surface area contributed by atoms with Crippen LogP contribution in [0.25, 0.3) is 0 Å². The normalized spacial score (nSPS) is 17.7. The molecule has 1 unspecified atom stereocenters. The molecule has 1 aliphatic rings. The van der Waals surface area contributed by atoms with Crippen molar-refractivity contribution in [2.45, 2.75) is 51.1 Å². The highest BCUT2D eigenvalue weighted by Gasteiger charge is 2.17. The SMILES string of the molecule is CC(NC(=O)NC1CCCCC1)c1ccccc1N. The van der Waals surface area contributed by atoms with Crippen LogP contribution in [-0.2, 0) is 0 Å². The second-order valence-electron chi connectivity index (χ2n) is 5.30. The van der Waals surface area contributed by atoms with Gasteiger partial charge < -0.3 is 16.4 Å². The number of para-hydroxylation sites is 1. The van der Waals surface area contributed by atoms with Crippen LogP contribution in [0.2, 0.25) is 0 Å². The van der Waals surface area contributed by atoms with E-state index >= 15 is 0 Å². The van der Waals surface area contributed by atoms with Crippen molar-refractivity contribution >= 4 is 11.7 Å². The van der Waals surface area contributed by atoms with Crippen LogP contribution >= 0.6 is 0 Å². The molecule has 1 aromatic rings. The van der Waals surface area contributed by atoms with Crippen molar-refractivity contribution in [3.8, 4) is 0 Å². The maximum atomic E-state index is 11.9. The summed E-state index contributed by atoms with van der Waals surface area (Å²) < 4.78 is 0. The van der Waals surface area contributed by atoms with Crippen LogP contribution in [0.4, 0.5) is 10.5 Å². The van der Waals surface area contributed by atoms with Crippen molar-refractivity contribution in [3.63, 3.8) is 0 Å². The molecule has 2 rings (SSSR count). The number of nitrogens with one attached hydrogen (secondary N) is 2. The first-order valence-corrected chi connectivity index (χ1v) is 7.08. The molecular weight excluding hydrogens is 238 g/mol. The van der Waals surface area contributed by atoms with Gasteiger partial charge in [-0.25, -0.2) is 4.79 Å². The van der Waals surface area contributed by atoms with E-state index in [2.05, 4.69) is 10.6 Å². The Morgan fingerprint density at radius 3 is 2.63 bits per heavy atom. The lowest BCUT2D eigenvalue weighted by Crippen LogP contribution is -2.43. The molecule has 104 valence electrons. The zero-order chi connectivity index (χ0) is 13.7. The Morgan fingerprint density at radius 2 is 1.95 bits per heavy atom. The van der Waals surface area contributed by atoms with E-state index in [0.717, 1.165) is 18.4 Å². The maximum absolute atomic E-state index is 11.9. The summed E-state index contributed by atoms with van der Waals surface area (Å²) >= 11 is 0. The third kappa shape index (κ3) is 3.88. The van der Waals surface area contributed by atoms with E-state index in [1.807, 2.05) is 31.2 Å². The summed E-state index contributed by atoms with van der Waals surface area (Å²) in [7, 11) is 0. The highest BCUT2D eigenvalue weighted by molar-refractivity contribution is 5.75. The third-order valence-corrected chi connectivity index (χ3v) is 3.75. The summed E-state index contributed by atoms with van der Waals surface area (Å²) in [5, 5.41) is 6.00. The molecule has 0 saturated heterocycles. The van der Waals surface area contributed by atoms with E-state index in [0.29, 0.717) is 11.7 Å². The van der Waals surface area contributed by atoms with Crippen LogP contribution in [0.15, 0.2) is 24.3 Å². The van der Waals surface area contributed by atoms with Crippen LogP contribution in [0.5, 0.6) is 0 Å². The van der Waals surface area contributed by atoms with Crippen molar-refractivity contribution in [2.24, 2.45) is 0 Å². The number of hydrogen-bond acceptors (Lipinski definition) is 2. The van der Waals surface area contributed by atoms with Gasteiger partial charge >= 0.3 is 6.03 Å². The molecule has 4 nitrogen and oxygen atoms in total. The van der Waals surface area contributed by atoms with E-state index in [4.69, 9.17) is 5.73 Å². The molecular formula is C15H23N3O. The first-order valence-electron chi connectivity index (χ1n) is 7.08. The van der Waals surface area contributed by atoms with Gasteiger partial charge in [-0.2, -0.15) is 0 Å². The molecule has 4 N–H and O–H groups in total. The van der Waals surface area contributed by atoms with E-state index in [1.54, 1.807) is 0 Å². The Bertz CT molecular complexity index is 427. The Morgan fingerprint density at radius 1 is 1.26 bits per heavy atom. The molecule has 0 aliphatic heterocycles. The number of urea groups is 1. The first-order chi connectivity index (χ1) is 9.16. The highest BCUT2D eigenvalue weighted by Crippen LogP contribution is 2.20. The molecule has 1 aromatic carbocycles. The van der Waals surface area contributed by atoms with Gasteiger partial charge in [0.2, 0.25) is 0 Å². The number of rotatable bonds is 3. The summed E-state index contributed by atoms with van der Waals surface area (Å²) in [5.41, 5.74) is 7.58. The lowest BCUT2D eigenvalue weighted by atomic mass is 9.96. The maximum Gasteiger partial charge on any atom is 0.315 e. The van der Waals surface area contributed by atoms with Crippen molar-refractivity contribution in [1.82, 2.24) is 10.6 Å². The average Bonchev–Trinajstić information content (AvgIpc) is 2.40. The van der Waals surface area contributed by atoms with E-state index in [-0.39, 0.29) is 12.1 Å². The van der Waals surface area contributed by atoms with Gasteiger partial charge in [-0.15, -0.1) is 0 Å². The molecule has 1 atom stereocenters. The summed E-state index contributed by atoms with van der Waals surface area (Å²) in [6.07, 6.45) is 5.90. The van der Waals surface area contributed by atoms with Gasteiger partial charge in [-0.05, 0) is 31.4 Å². The monoisotopic (exact) mass is 261 g/mol. The molecule has 1 fully saturated rings. The molecule has 2 amide bonds. The largest absolute Gasteiger partial charge is 0.398 e. The Labute approximate surface area is 114 Å². The van der Waals surface area contributed by atoms with Gasteiger partial charge in [-0.3, -0.25) is 0 Å². The zero-order valence-corrected chi connectivity index (χ0v) is 11.5. The van der Waals surface area contributed by atoms with Crippen molar-refractivity contribution in [2.75, 3.05) is 5.73 Å². The van der Waals surface area contributed by atoms with Crippen LogP contribution in [0, 0.1) is 0 Å². The number of hydrogen-bond donors (Lipinski definition) is 3. The van der Waals surface area contributed by atoms with Crippen LogP contribution in [0.1, 0.15) is 50.6 Å². The molecule has 1 saturated carbocycles. The molecule has 1 aliphatic carbocycles. The quantitative estimate of drug-likeness (QED) is 0.732. The molecule has 0 heterocycles. The van der Waals surface area contributed by atoms with Crippen molar-refractivity contribution in [1.29, 1.82) is 0 Å². The lowest BCUT2D eigenvalue weighted by Gasteiger charge is -2.24. The summed E-state index contributed by atoms with van der Waals surface area (Å²) in [6.45, 7) is 1.95. The lowest BCUT2D eigenvalue weighted by molar-refractivity contribution is 0.229. The Kier molecular flexibility index (Phi) is 4.66. The number of nitrogens with two attached hydrogens (primary N) is 1. The van der Waals surface area contributed by atoms with E-state index in [1.165, 1.54) is 19.3 Å². The Balaban J connectivity index is 1.86. The summed E-state index contributed by atoms with van der Waals surface area (Å²) in [4.78, 5) is 11.9. The van der Waals surface area contributed by atoms with Gasteiger partial charge in [0.25, 0.3) is 0 Å². The fourth-order valence-electron chi connectivity index (χ4n) is 2.65. The molecule has 19 heavy (non-hydrogen) atoms. The minimum Gasteiger partial charge on any atom is -0.398 e. The van der Waals surface area contributed by atoms with Crippen LogP contribution in [0.3, 0.4) is 0 Å². The standard InChI is InChI=1S/C15H23N3O/c1-11(13-9-5-6-10-14(13)16)17-15(19)18-12-7-3-2-4-8-12/h5-6,9-12H,2-4,7-8,16H2,1H3,(H2,17,18,19). The number of amides is 2. The molecule has 0 bridgehead atoms. The number of carbonyl (C=O) groups excluding carboxylic acids is 1. The van der Waals surface area contributed by atoms with Gasteiger partial charge in [0.15, 0.2) is 0 Å². The van der Waals surface area contributed by atoms with Crippen molar-refractivity contribution < 1.29 is 4.79 Å². The zero-order valence-electron chi connectivity index (χ0n) is 11.5. The van der Waals surface area contributed by atoms with E-state index in [9.17, 15) is 4.79 Å². The van der Waals surface area contributed by atoms with Crippen molar-refractivity contribution in [3.05, 3.63) is 29.8 Å². The molecule has 4 heteroatoms. The first kappa shape index (κ1) is 13.7. The third-order valence-electron chi connectivity index (χ3n) is 3.75. The van der Waals surface area contributed by atoms with E-state index < -0.39 is 0 Å². The number of nitrogen functional groups attached to an aromatic ring is 1. The number of anilines is 1. The van der Waals surface area contributed by atoms with Gasteiger partial charge in [-0.1, -0.05) is 37.5 Å². The minimum absolute atomic E-state index is 0.0789. The minimum atomic E-state index is -0.0948. The average molecular weight is 261 g/mol. The second kappa shape index (κ2) is 6.45. The molecule has 0 spiro atoms. The second-order valence-corrected chi connectivity index (χ2v) is 5.30. The number of carbonyl (C=O) groups is 1. The van der Waals surface area contributed by atoms with Gasteiger partial charge in [0, 0.05) is 11.7 Å². The topological polar surface area (TPSA) is 67.2 Å². The predicted molar refractivity (Wildman–Crippen MR) is 77.8 cm³/mol. The van der Waals surface area contributed by atoms with Crippen LogP contribution < -0.4 is 16.4 Å². The summed E-state index contributed by atoms with van der Waals surface area (Å²) in [6, 6.07) is 7.78. The Hall–Kier alpha value is -1.71. The van der Waals surface area contributed by atoms with Gasteiger partial charge in [0.1, 0.15) is 0 Å². The van der Waals surface area contributed by atoms with Crippen LogP contribution in [-0.4, -0.2) is 12.1 Å².